The lowest BCUT2D eigenvalue weighted by Gasteiger charge is -2.02. The van der Waals surface area contributed by atoms with Gasteiger partial charge in [0.2, 0.25) is 0 Å². The lowest BCUT2D eigenvalue weighted by atomic mass is 10.2. The maximum Gasteiger partial charge on any atom is 0.158 e. The van der Waals surface area contributed by atoms with E-state index in [1.165, 1.54) is 16.9 Å². The SMILES string of the molecule is C(=N/Nc1ncnc2sc3c(c12)CCC3)/c1ccco1. The van der Waals surface area contributed by atoms with Crippen LogP contribution < -0.4 is 5.43 Å². The summed E-state index contributed by atoms with van der Waals surface area (Å²) in [4.78, 5) is 11.2. The molecule has 4 rings (SSSR count). The molecule has 20 heavy (non-hydrogen) atoms. The average molecular weight is 284 g/mol. The zero-order valence-electron chi connectivity index (χ0n) is 10.7. The molecule has 0 bridgehead atoms. The Hall–Kier alpha value is -2.21. The minimum absolute atomic E-state index is 0.707. The number of aromatic nitrogens is 2. The first-order valence-corrected chi connectivity index (χ1v) is 7.31. The zero-order valence-corrected chi connectivity index (χ0v) is 11.5. The van der Waals surface area contributed by atoms with Gasteiger partial charge < -0.3 is 4.42 Å². The molecule has 5 nitrogen and oxygen atoms in total. The second-order valence-electron chi connectivity index (χ2n) is 4.65. The normalized spacial score (nSPS) is 14.2. The molecule has 0 radical (unpaired) electrons. The van der Waals surface area contributed by atoms with E-state index in [0.29, 0.717) is 5.76 Å². The van der Waals surface area contributed by atoms with Crippen LogP contribution in [0.3, 0.4) is 0 Å². The van der Waals surface area contributed by atoms with Gasteiger partial charge in [-0.3, -0.25) is 5.43 Å². The van der Waals surface area contributed by atoms with Crippen molar-refractivity contribution in [1.29, 1.82) is 0 Å². The highest BCUT2D eigenvalue weighted by Crippen LogP contribution is 2.38. The Kier molecular flexibility index (Phi) is 2.74. The molecule has 3 heterocycles. The van der Waals surface area contributed by atoms with Gasteiger partial charge in [0.05, 0.1) is 17.9 Å². The summed E-state index contributed by atoms with van der Waals surface area (Å²) in [5.41, 5.74) is 4.40. The van der Waals surface area contributed by atoms with Crippen molar-refractivity contribution in [2.24, 2.45) is 5.10 Å². The van der Waals surface area contributed by atoms with Gasteiger partial charge in [0, 0.05) is 4.88 Å². The van der Waals surface area contributed by atoms with Gasteiger partial charge in [0.25, 0.3) is 0 Å². The van der Waals surface area contributed by atoms with Crippen molar-refractivity contribution < 1.29 is 4.42 Å². The number of hydrogen-bond donors (Lipinski definition) is 1. The molecule has 1 aliphatic carbocycles. The first kappa shape index (κ1) is 11.6. The molecule has 0 atom stereocenters. The summed E-state index contributed by atoms with van der Waals surface area (Å²) in [6.07, 6.45) is 8.33. The minimum atomic E-state index is 0.707. The molecule has 0 aliphatic heterocycles. The Balaban J connectivity index is 1.69. The van der Waals surface area contributed by atoms with Crippen molar-refractivity contribution in [2.45, 2.75) is 19.3 Å². The molecule has 1 aliphatic rings. The van der Waals surface area contributed by atoms with Crippen LogP contribution in [0.25, 0.3) is 10.2 Å². The molecule has 3 aromatic rings. The number of furan rings is 1. The molecule has 3 aromatic heterocycles. The van der Waals surface area contributed by atoms with Crippen molar-refractivity contribution in [3.63, 3.8) is 0 Å². The van der Waals surface area contributed by atoms with E-state index in [9.17, 15) is 0 Å². The second-order valence-corrected chi connectivity index (χ2v) is 5.73. The van der Waals surface area contributed by atoms with E-state index in [1.54, 1.807) is 30.1 Å². The van der Waals surface area contributed by atoms with Gasteiger partial charge in [-0.05, 0) is 37.0 Å². The average Bonchev–Trinajstić information content (AvgIpc) is 3.14. The van der Waals surface area contributed by atoms with E-state index in [0.717, 1.165) is 28.9 Å². The second kappa shape index (κ2) is 4.72. The van der Waals surface area contributed by atoms with Crippen molar-refractivity contribution in [3.05, 3.63) is 40.9 Å². The van der Waals surface area contributed by atoms with E-state index in [2.05, 4.69) is 20.5 Å². The Labute approximate surface area is 119 Å². The molecule has 100 valence electrons. The molecule has 0 spiro atoms. The molecule has 1 N–H and O–H groups in total. The zero-order chi connectivity index (χ0) is 13.4. The minimum Gasteiger partial charge on any atom is -0.463 e. The quantitative estimate of drug-likeness (QED) is 0.592. The van der Waals surface area contributed by atoms with Crippen LogP contribution in [-0.4, -0.2) is 16.2 Å². The Morgan fingerprint density at radius 1 is 1.35 bits per heavy atom. The number of rotatable bonds is 3. The largest absolute Gasteiger partial charge is 0.463 e. The number of aryl methyl sites for hydroxylation is 2. The molecule has 0 saturated heterocycles. The highest BCUT2D eigenvalue weighted by molar-refractivity contribution is 7.19. The molecule has 0 fully saturated rings. The van der Waals surface area contributed by atoms with Crippen LogP contribution in [0.4, 0.5) is 5.82 Å². The van der Waals surface area contributed by atoms with Gasteiger partial charge in [-0.15, -0.1) is 11.3 Å². The van der Waals surface area contributed by atoms with Gasteiger partial charge in [0.1, 0.15) is 16.9 Å². The van der Waals surface area contributed by atoms with Crippen LogP contribution in [0.15, 0.2) is 34.2 Å². The van der Waals surface area contributed by atoms with Crippen molar-refractivity contribution in [1.82, 2.24) is 9.97 Å². The van der Waals surface area contributed by atoms with E-state index in [4.69, 9.17) is 4.42 Å². The Bertz CT molecular complexity index is 776. The van der Waals surface area contributed by atoms with E-state index in [1.807, 2.05) is 12.1 Å². The van der Waals surface area contributed by atoms with Gasteiger partial charge in [-0.1, -0.05) is 0 Å². The number of anilines is 1. The molecule has 0 amide bonds. The topological polar surface area (TPSA) is 63.3 Å². The number of hydrogen-bond acceptors (Lipinski definition) is 6. The molecular weight excluding hydrogens is 272 g/mol. The molecule has 0 aromatic carbocycles. The predicted molar refractivity (Wildman–Crippen MR) is 79.4 cm³/mol. The molecule has 0 saturated carbocycles. The van der Waals surface area contributed by atoms with Crippen molar-refractivity contribution in [3.8, 4) is 0 Å². The van der Waals surface area contributed by atoms with E-state index >= 15 is 0 Å². The van der Waals surface area contributed by atoms with Gasteiger partial charge >= 0.3 is 0 Å². The van der Waals surface area contributed by atoms with Gasteiger partial charge in [-0.2, -0.15) is 5.10 Å². The predicted octanol–water partition coefficient (Wildman–Crippen LogP) is 3.22. The molecule has 0 unspecified atom stereocenters. The Morgan fingerprint density at radius 3 is 3.25 bits per heavy atom. The van der Waals surface area contributed by atoms with Crippen LogP contribution in [0.5, 0.6) is 0 Å². The number of hydrazone groups is 1. The lowest BCUT2D eigenvalue weighted by molar-refractivity contribution is 0.560. The van der Waals surface area contributed by atoms with Crippen LogP contribution >= 0.6 is 11.3 Å². The standard InChI is InChI=1S/C14H12N4OS/c1-4-10-11(5-1)20-14-12(10)13(15-8-16-14)18-17-7-9-3-2-6-19-9/h2-3,6-8H,1,4-5H2,(H,15,16,18)/b17-7-. The fourth-order valence-electron chi connectivity index (χ4n) is 2.54. The summed E-state index contributed by atoms with van der Waals surface area (Å²) in [5.74, 6) is 1.48. The van der Waals surface area contributed by atoms with Gasteiger partial charge in [-0.25, -0.2) is 9.97 Å². The summed E-state index contributed by atoms with van der Waals surface area (Å²) in [7, 11) is 0. The maximum atomic E-state index is 5.20. The van der Waals surface area contributed by atoms with Crippen LogP contribution in [0.1, 0.15) is 22.6 Å². The van der Waals surface area contributed by atoms with Gasteiger partial charge in [0.15, 0.2) is 5.82 Å². The molecule has 6 heteroatoms. The monoisotopic (exact) mass is 284 g/mol. The van der Waals surface area contributed by atoms with E-state index < -0.39 is 0 Å². The lowest BCUT2D eigenvalue weighted by Crippen LogP contribution is -1.95. The summed E-state index contributed by atoms with van der Waals surface area (Å²) in [5, 5.41) is 5.31. The van der Waals surface area contributed by atoms with Crippen LogP contribution in [-0.2, 0) is 12.8 Å². The fraction of sp³-hybridized carbons (Fsp3) is 0.214. The highest BCUT2D eigenvalue weighted by Gasteiger charge is 2.20. The van der Waals surface area contributed by atoms with E-state index in [-0.39, 0.29) is 0 Å². The third kappa shape index (κ3) is 1.89. The summed E-state index contributed by atoms with van der Waals surface area (Å²) in [6.45, 7) is 0. The third-order valence-corrected chi connectivity index (χ3v) is 4.61. The maximum absolute atomic E-state index is 5.20. The Morgan fingerprint density at radius 2 is 2.35 bits per heavy atom. The van der Waals surface area contributed by atoms with Crippen LogP contribution in [0, 0.1) is 0 Å². The molecular formula is C14H12N4OS. The first-order valence-electron chi connectivity index (χ1n) is 6.49. The highest BCUT2D eigenvalue weighted by atomic mass is 32.1. The van der Waals surface area contributed by atoms with Crippen molar-refractivity contribution in [2.75, 3.05) is 5.43 Å². The summed E-state index contributed by atoms with van der Waals surface area (Å²) >= 11 is 1.77. The fourth-order valence-corrected chi connectivity index (χ4v) is 3.76. The number of nitrogens with zero attached hydrogens (tertiary/aromatic N) is 3. The summed E-state index contributed by atoms with van der Waals surface area (Å²) < 4.78 is 5.20. The van der Waals surface area contributed by atoms with Crippen LogP contribution in [0.2, 0.25) is 0 Å². The number of fused-ring (bicyclic) bond motifs is 3. The summed E-state index contributed by atoms with van der Waals surface area (Å²) in [6, 6.07) is 3.68. The third-order valence-electron chi connectivity index (χ3n) is 3.41. The smallest absolute Gasteiger partial charge is 0.158 e. The van der Waals surface area contributed by atoms with Crippen molar-refractivity contribution >= 4 is 33.6 Å². The number of nitrogens with one attached hydrogen (secondary N) is 1. The number of thiophene rings is 1. The first-order chi connectivity index (χ1) is 9.92.